The number of aromatic nitrogens is 2. The highest BCUT2D eigenvalue weighted by molar-refractivity contribution is 5.28. The lowest BCUT2D eigenvalue weighted by Gasteiger charge is -2.21. The zero-order valence-electron chi connectivity index (χ0n) is 7.25. The molecule has 0 saturated carbocycles. The third-order valence-corrected chi connectivity index (χ3v) is 3.15. The first-order chi connectivity index (χ1) is 5.84. The van der Waals surface area contributed by atoms with Gasteiger partial charge in [-0.1, -0.05) is 0 Å². The molecule has 2 aliphatic rings. The predicted octanol–water partition coefficient (Wildman–Crippen LogP) is 0.769. The molecule has 1 aromatic rings. The summed E-state index contributed by atoms with van der Waals surface area (Å²) in [4.78, 5) is 0. The Bertz CT molecular complexity index is 316. The second-order valence-electron chi connectivity index (χ2n) is 3.87. The minimum atomic E-state index is 0.604. The van der Waals surface area contributed by atoms with E-state index < -0.39 is 0 Å². The molecule has 64 valence electrons. The number of fused-ring (bicyclic) bond motifs is 4. The molecule has 1 fully saturated rings. The molecule has 2 unspecified atom stereocenters. The summed E-state index contributed by atoms with van der Waals surface area (Å²) in [5, 5.41) is 7.90. The lowest BCUT2D eigenvalue weighted by molar-refractivity contribution is 0.497. The van der Waals surface area contributed by atoms with Gasteiger partial charge in [0.15, 0.2) is 0 Å². The summed E-state index contributed by atoms with van der Waals surface area (Å²) in [6.45, 7) is 0. The van der Waals surface area contributed by atoms with Crippen LogP contribution in [0.15, 0.2) is 6.20 Å². The fourth-order valence-corrected chi connectivity index (χ4v) is 2.48. The predicted molar refractivity (Wildman–Crippen MR) is 45.8 cm³/mol. The van der Waals surface area contributed by atoms with Crippen LogP contribution >= 0.6 is 0 Å². The number of nitrogens with zero attached hydrogens (tertiary/aromatic N) is 2. The Morgan fingerprint density at radius 3 is 3.42 bits per heavy atom. The van der Waals surface area contributed by atoms with Crippen LogP contribution in [0, 0.1) is 0 Å². The number of rotatable bonds is 0. The number of nitrogens with one attached hydrogen (secondary N) is 1. The average molecular weight is 163 g/mol. The van der Waals surface area contributed by atoms with Crippen molar-refractivity contribution >= 4 is 0 Å². The van der Waals surface area contributed by atoms with E-state index in [2.05, 4.69) is 10.4 Å². The summed E-state index contributed by atoms with van der Waals surface area (Å²) in [7, 11) is 2.05. The molecule has 3 heterocycles. The number of hydrogen-bond donors (Lipinski definition) is 1. The Labute approximate surface area is 71.8 Å². The summed E-state index contributed by atoms with van der Waals surface area (Å²) in [5.74, 6) is 0. The monoisotopic (exact) mass is 163 g/mol. The summed E-state index contributed by atoms with van der Waals surface area (Å²) in [6.07, 6.45) is 5.82. The van der Waals surface area contributed by atoms with Crippen molar-refractivity contribution < 1.29 is 0 Å². The third-order valence-electron chi connectivity index (χ3n) is 3.15. The maximum Gasteiger partial charge on any atom is 0.0540 e. The largest absolute Gasteiger partial charge is 0.307 e. The molecule has 3 nitrogen and oxygen atoms in total. The van der Waals surface area contributed by atoms with Crippen LogP contribution in [0.25, 0.3) is 0 Å². The van der Waals surface area contributed by atoms with Crippen molar-refractivity contribution in [2.45, 2.75) is 31.3 Å². The molecule has 3 heteroatoms. The molecule has 0 aromatic carbocycles. The Morgan fingerprint density at radius 2 is 2.50 bits per heavy atom. The standard InChI is InChI=1S/C9H13N3/c1-12-9-4-6-2-3-8(11-6)7(9)5-10-12/h5-6,8,11H,2-4H2,1H3. The van der Waals surface area contributed by atoms with E-state index in [-0.39, 0.29) is 0 Å². The fourth-order valence-electron chi connectivity index (χ4n) is 2.48. The topological polar surface area (TPSA) is 29.9 Å². The van der Waals surface area contributed by atoms with Crippen LogP contribution in [0.1, 0.15) is 30.1 Å². The van der Waals surface area contributed by atoms with Crippen molar-refractivity contribution in [2.24, 2.45) is 7.05 Å². The van der Waals surface area contributed by atoms with E-state index in [0.29, 0.717) is 6.04 Å². The molecule has 2 aliphatic heterocycles. The van der Waals surface area contributed by atoms with Gasteiger partial charge in [-0.3, -0.25) is 4.68 Å². The van der Waals surface area contributed by atoms with Gasteiger partial charge in [-0.15, -0.1) is 0 Å². The van der Waals surface area contributed by atoms with Gasteiger partial charge in [0.05, 0.1) is 6.20 Å². The van der Waals surface area contributed by atoms with E-state index in [4.69, 9.17) is 0 Å². The number of hydrogen-bond acceptors (Lipinski definition) is 2. The molecule has 12 heavy (non-hydrogen) atoms. The zero-order chi connectivity index (χ0) is 8.13. The maximum atomic E-state index is 4.29. The first kappa shape index (κ1) is 6.66. The van der Waals surface area contributed by atoms with E-state index in [9.17, 15) is 0 Å². The highest BCUT2D eigenvalue weighted by Crippen LogP contribution is 2.35. The van der Waals surface area contributed by atoms with Crippen LogP contribution in [-0.4, -0.2) is 15.8 Å². The van der Waals surface area contributed by atoms with Gasteiger partial charge in [-0.05, 0) is 12.8 Å². The first-order valence-electron chi connectivity index (χ1n) is 4.61. The SMILES string of the molecule is Cn1ncc2c1CC1CCC2N1. The van der Waals surface area contributed by atoms with Crippen LogP contribution < -0.4 is 5.32 Å². The van der Waals surface area contributed by atoms with Gasteiger partial charge in [0.2, 0.25) is 0 Å². The average Bonchev–Trinajstić information content (AvgIpc) is 2.61. The fraction of sp³-hybridized carbons (Fsp3) is 0.667. The highest BCUT2D eigenvalue weighted by Gasteiger charge is 2.33. The second kappa shape index (κ2) is 2.10. The van der Waals surface area contributed by atoms with Crippen molar-refractivity contribution in [3.8, 4) is 0 Å². The van der Waals surface area contributed by atoms with Crippen molar-refractivity contribution in [1.82, 2.24) is 15.1 Å². The van der Waals surface area contributed by atoms with Gasteiger partial charge in [0.1, 0.15) is 0 Å². The molecular weight excluding hydrogens is 150 g/mol. The zero-order valence-corrected chi connectivity index (χ0v) is 7.25. The molecule has 2 bridgehead atoms. The van der Waals surface area contributed by atoms with E-state index in [0.717, 1.165) is 6.04 Å². The molecule has 2 atom stereocenters. The molecule has 1 saturated heterocycles. The normalized spacial score (nSPS) is 32.1. The summed E-state index contributed by atoms with van der Waals surface area (Å²) >= 11 is 0. The van der Waals surface area contributed by atoms with Crippen molar-refractivity contribution in [2.75, 3.05) is 0 Å². The highest BCUT2D eigenvalue weighted by atomic mass is 15.3. The molecule has 0 aliphatic carbocycles. The van der Waals surface area contributed by atoms with Crippen LogP contribution in [-0.2, 0) is 13.5 Å². The van der Waals surface area contributed by atoms with E-state index in [1.165, 1.54) is 30.5 Å². The van der Waals surface area contributed by atoms with Crippen LogP contribution in [0.4, 0.5) is 0 Å². The minimum absolute atomic E-state index is 0.604. The van der Waals surface area contributed by atoms with Crippen molar-refractivity contribution in [3.05, 3.63) is 17.5 Å². The molecule has 0 amide bonds. The lowest BCUT2D eigenvalue weighted by atomic mass is 10.0. The molecule has 1 N–H and O–H groups in total. The van der Waals surface area contributed by atoms with Gasteiger partial charge in [-0.2, -0.15) is 5.10 Å². The Balaban J connectivity index is 2.14. The first-order valence-corrected chi connectivity index (χ1v) is 4.61. The van der Waals surface area contributed by atoms with Gasteiger partial charge < -0.3 is 5.32 Å². The molecule has 0 radical (unpaired) electrons. The molecular formula is C9H13N3. The van der Waals surface area contributed by atoms with Gasteiger partial charge >= 0.3 is 0 Å². The second-order valence-corrected chi connectivity index (χ2v) is 3.87. The van der Waals surface area contributed by atoms with E-state index >= 15 is 0 Å². The summed E-state index contributed by atoms with van der Waals surface area (Å²) in [5.41, 5.74) is 2.88. The Morgan fingerprint density at radius 1 is 1.58 bits per heavy atom. The van der Waals surface area contributed by atoms with Gasteiger partial charge in [0.25, 0.3) is 0 Å². The van der Waals surface area contributed by atoms with Crippen molar-refractivity contribution in [1.29, 1.82) is 0 Å². The van der Waals surface area contributed by atoms with Crippen LogP contribution in [0.2, 0.25) is 0 Å². The Kier molecular flexibility index (Phi) is 1.17. The molecule has 3 rings (SSSR count). The molecule has 1 aromatic heterocycles. The third kappa shape index (κ3) is 0.719. The van der Waals surface area contributed by atoms with Gasteiger partial charge in [0, 0.05) is 36.8 Å². The van der Waals surface area contributed by atoms with Gasteiger partial charge in [-0.25, -0.2) is 0 Å². The van der Waals surface area contributed by atoms with Crippen LogP contribution in [0.5, 0.6) is 0 Å². The summed E-state index contributed by atoms with van der Waals surface area (Å²) in [6, 6.07) is 1.32. The Hall–Kier alpha value is -0.830. The van der Waals surface area contributed by atoms with E-state index in [1.807, 2.05) is 17.9 Å². The minimum Gasteiger partial charge on any atom is -0.307 e. The molecule has 0 spiro atoms. The quantitative estimate of drug-likeness (QED) is 0.612. The lowest BCUT2D eigenvalue weighted by Crippen LogP contribution is -2.32. The number of aryl methyl sites for hydroxylation is 1. The van der Waals surface area contributed by atoms with Crippen molar-refractivity contribution in [3.63, 3.8) is 0 Å². The van der Waals surface area contributed by atoms with E-state index in [1.54, 1.807) is 0 Å². The van der Waals surface area contributed by atoms with Crippen LogP contribution in [0.3, 0.4) is 0 Å². The maximum absolute atomic E-state index is 4.29. The smallest absolute Gasteiger partial charge is 0.0540 e. The summed E-state index contributed by atoms with van der Waals surface area (Å²) < 4.78 is 2.03.